The minimum atomic E-state index is -0.164. The fraction of sp³-hybridized carbons (Fsp3) is 0.889. The second-order valence-corrected chi connectivity index (χ2v) is 4.39. The van der Waals surface area contributed by atoms with Crippen molar-refractivity contribution < 1.29 is 9.53 Å². The lowest BCUT2D eigenvalue weighted by Crippen LogP contribution is -2.22. The summed E-state index contributed by atoms with van der Waals surface area (Å²) in [5.41, 5.74) is 0. The van der Waals surface area contributed by atoms with Gasteiger partial charge in [0.05, 0.1) is 0 Å². The van der Waals surface area contributed by atoms with Crippen molar-refractivity contribution >= 4 is 17.6 Å². The van der Waals surface area contributed by atoms with Gasteiger partial charge in [-0.1, -0.05) is 0 Å². The van der Waals surface area contributed by atoms with E-state index in [2.05, 4.69) is 0 Å². The van der Waals surface area contributed by atoms with Crippen LogP contribution in [0.15, 0.2) is 0 Å². The standard InChI is InChI=1S/C9H13ClO2/c1-5(11)12-9-6-2-3-7(9)8(10)4-6/h6-9H,2-4H2,1H3/t6-,7-,8-,9-/m1/s1. The summed E-state index contributed by atoms with van der Waals surface area (Å²) in [5, 5.41) is 0.244. The summed E-state index contributed by atoms with van der Waals surface area (Å²) in [4.78, 5) is 10.8. The van der Waals surface area contributed by atoms with Gasteiger partial charge in [0, 0.05) is 18.2 Å². The average Bonchev–Trinajstić information content (AvgIpc) is 2.44. The molecule has 0 radical (unpaired) electrons. The first-order valence-electron chi connectivity index (χ1n) is 4.50. The van der Waals surface area contributed by atoms with Crippen LogP contribution in [0.4, 0.5) is 0 Å². The Bertz CT molecular complexity index is 205. The van der Waals surface area contributed by atoms with Crippen LogP contribution in [-0.2, 0) is 9.53 Å². The summed E-state index contributed by atoms with van der Waals surface area (Å²) < 4.78 is 5.25. The number of esters is 1. The van der Waals surface area contributed by atoms with Gasteiger partial charge in [-0.15, -0.1) is 11.6 Å². The minimum absolute atomic E-state index is 0.130. The summed E-state index contributed by atoms with van der Waals surface area (Å²) >= 11 is 6.10. The molecule has 0 amide bonds. The molecule has 2 bridgehead atoms. The Morgan fingerprint density at radius 1 is 1.50 bits per heavy atom. The summed E-state index contributed by atoms with van der Waals surface area (Å²) in [6.07, 6.45) is 3.48. The van der Waals surface area contributed by atoms with E-state index in [1.807, 2.05) is 0 Å². The highest BCUT2D eigenvalue weighted by atomic mass is 35.5. The predicted octanol–water partition coefficient (Wildman–Crippen LogP) is 1.96. The van der Waals surface area contributed by atoms with Crippen LogP contribution in [0.5, 0.6) is 0 Å². The van der Waals surface area contributed by atoms with Crippen molar-refractivity contribution in [3.8, 4) is 0 Å². The number of carbonyl (C=O) groups excluding carboxylic acids is 1. The first-order chi connectivity index (χ1) is 5.68. The van der Waals surface area contributed by atoms with Crippen LogP contribution in [0.1, 0.15) is 26.2 Å². The zero-order valence-electron chi connectivity index (χ0n) is 7.13. The Morgan fingerprint density at radius 3 is 2.67 bits per heavy atom. The van der Waals surface area contributed by atoms with Crippen molar-refractivity contribution in [3.63, 3.8) is 0 Å². The van der Waals surface area contributed by atoms with Crippen LogP contribution in [0, 0.1) is 11.8 Å². The summed E-state index contributed by atoms with van der Waals surface area (Å²) in [5.74, 6) is 0.810. The largest absolute Gasteiger partial charge is 0.462 e. The van der Waals surface area contributed by atoms with Crippen molar-refractivity contribution in [2.24, 2.45) is 11.8 Å². The number of fused-ring (bicyclic) bond motifs is 2. The molecule has 0 aromatic carbocycles. The normalized spacial score (nSPS) is 44.8. The van der Waals surface area contributed by atoms with Crippen molar-refractivity contribution in [2.45, 2.75) is 37.7 Å². The quantitative estimate of drug-likeness (QED) is 0.465. The summed E-state index contributed by atoms with van der Waals surface area (Å²) in [7, 11) is 0. The number of rotatable bonds is 1. The van der Waals surface area contributed by atoms with Crippen molar-refractivity contribution in [1.29, 1.82) is 0 Å². The molecule has 2 fully saturated rings. The van der Waals surface area contributed by atoms with Gasteiger partial charge in [0.25, 0.3) is 0 Å². The SMILES string of the molecule is CC(=O)O[C@@H]1[C@@H]2CC[C@@H]1[C@H](Cl)C2. The van der Waals surface area contributed by atoms with Crippen LogP contribution in [-0.4, -0.2) is 17.5 Å². The predicted molar refractivity (Wildman–Crippen MR) is 46.0 cm³/mol. The zero-order valence-corrected chi connectivity index (χ0v) is 7.88. The number of carbonyl (C=O) groups is 1. The smallest absolute Gasteiger partial charge is 0.302 e. The zero-order chi connectivity index (χ0) is 8.72. The molecule has 3 heteroatoms. The first kappa shape index (κ1) is 8.36. The number of halogens is 1. The van der Waals surface area contributed by atoms with E-state index in [9.17, 15) is 4.79 Å². The molecule has 12 heavy (non-hydrogen) atoms. The molecule has 0 unspecified atom stereocenters. The van der Waals surface area contributed by atoms with Crippen LogP contribution >= 0.6 is 11.6 Å². The molecule has 0 spiro atoms. The van der Waals surface area contributed by atoms with E-state index in [0.717, 1.165) is 12.8 Å². The van der Waals surface area contributed by atoms with E-state index in [0.29, 0.717) is 11.8 Å². The van der Waals surface area contributed by atoms with E-state index in [1.54, 1.807) is 0 Å². The molecule has 0 heterocycles. The molecule has 0 aromatic rings. The van der Waals surface area contributed by atoms with E-state index in [4.69, 9.17) is 16.3 Å². The number of hydrogen-bond acceptors (Lipinski definition) is 2. The van der Waals surface area contributed by atoms with E-state index < -0.39 is 0 Å². The van der Waals surface area contributed by atoms with Gasteiger partial charge >= 0.3 is 5.97 Å². The van der Waals surface area contributed by atoms with Gasteiger partial charge in [0.1, 0.15) is 6.10 Å². The highest BCUT2D eigenvalue weighted by Gasteiger charge is 2.49. The van der Waals surface area contributed by atoms with Crippen molar-refractivity contribution in [3.05, 3.63) is 0 Å². The molecule has 0 N–H and O–H groups in total. The van der Waals surface area contributed by atoms with Gasteiger partial charge < -0.3 is 4.74 Å². The Hall–Kier alpha value is -0.240. The highest BCUT2D eigenvalue weighted by molar-refractivity contribution is 6.21. The average molecular weight is 189 g/mol. The first-order valence-corrected chi connectivity index (χ1v) is 4.93. The van der Waals surface area contributed by atoms with Crippen molar-refractivity contribution in [1.82, 2.24) is 0 Å². The third-order valence-corrected chi connectivity index (χ3v) is 3.55. The highest BCUT2D eigenvalue weighted by Crippen LogP contribution is 2.48. The lowest BCUT2D eigenvalue weighted by atomic mass is 10.0. The van der Waals surface area contributed by atoms with E-state index in [1.165, 1.54) is 13.3 Å². The monoisotopic (exact) mass is 188 g/mol. The summed E-state index contributed by atoms with van der Waals surface area (Å²) in [6.45, 7) is 1.47. The number of hydrogen-bond donors (Lipinski definition) is 0. The van der Waals surface area contributed by atoms with E-state index in [-0.39, 0.29) is 17.5 Å². The molecule has 4 atom stereocenters. The molecule has 0 aromatic heterocycles. The third-order valence-electron chi connectivity index (χ3n) is 3.05. The lowest BCUT2D eigenvalue weighted by Gasteiger charge is -2.16. The molecule has 2 saturated carbocycles. The molecular formula is C9H13ClO2. The maximum absolute atomic E-state index is 10.8. The van der Waals surface area contributed by atoms with Gasteiger partial charge in [-0.25, -0.2) is 0 Å². The third kappa shape index (κ3) is 1.22. The van der Waals surface area contributed by atoms with Crippen LogP contribution in [0.3, 0.4) is 0 Å². The molecule has 68 valence electrons. The van der Waals surface area contributed by atoms with Crippen LogP contribution in [0.2, 0.25) is 0 Å². The van der Waals surface area contributed by atoms with Gasteiger partial charge in [-0.2, -0.15) is 0 Å². The second-order valence-electron chi connectivity index (χ2n) is 3.83. The Labute approximate surface area is 77.2 Å². The molecule has 2 aliphatic rings. The fourth-order valence-corrected chi connectivity index (χ4v) is 3.06. The van der Waals surface area contributed by atoms with Crippen LogP contribution < -0.4 is 0 Å². The minimum Gasteiger partial charge on any atom is -0.462 e. The second kappa shape index (κ2) is 2.91. The molecule has 0 aliphatic heterocycles. The number of alkyl halides is 1. The van der Waals surface area contributed by atoms with Gasteiger partial charge in [-0.3, -0.25) is 4.79 Å². The van der Waals surface area contributed by atoms with Gasteiger partial charge in [0.2, 0.25) is 0 Å². The van der Waals surface area contributed by atoms with Crippen molar-refractivity contribution in [2.75, 3.05) is 0 Å². The molecule has 2 rings (SSSR count). The van der Waals surface area contributed by atoms with E-state index >= 15 is 0 Å². The lowest BCUT2D eigenvalue weighted by molar-refractivity contribution is -0.148. The Kier molecular flexibility index (Phi) is 2.03. The van der Waals surface area contributed by atoms with Crippen LogP contribution in [0.25, 0.3) is 0 Å². The maximum Gasteiger partial charge on any atom is 0.302 e. The Morgan fingerprint density at radius 2 is 2.25 bits per heavy atom. The summed E-state index contributed by atoms with van der Waals surface area (Å²) in [6, 6.07) is 0. The molecule has 0 saturated heterocycles. The Balaban J connectivity index is 2.03. The van der Waals surface area contributed by atoms with Gasteiger partial charge in [0.15, 0.2) is 0 Å². The topological polar surface area (TPSA) is 26.3 Å². The molecule has 2 aliphatic carbocycles. The fourth-order valence-electron chi connectivity index (χ4n) is 2.56. The maximum atomic E-state index is 10.8. The molecular weight excluding hydrogens is 176 g/mol. The molecule has 2 nitrogen and oxygen atoms in total. The van der Waals surface area contributed by atoms with Gasteiger partial charge in [-0.05, 0) is 25.2 Å². The number of ether oxygens (including phenoxy) is 1.